The third-order valence-electron chi connectivity index (χ3n) is 2.21. The van der Waals surface area contributed by atoms with Crippen molar-refractivity contribution < 1.29 is 35.8 Å². The van der Waals surface area contributed by atoms with Crippen LogP contribution in [-0.2, 0) is 0 Å². The summed E-state index contributed by atoms with van der Waals surface area (Å²) in [5, 5.41) is 11.7. The molecule has 0 saturated heterocycles. The van der Waals surface area contributed by atoms with Crippen LogP contribution in [0.5, 0.6) is 5.75 Å². The van der Waals surface area contributed by atoms with Gasteiger partial charge in [-0.15, -0.1) is 0 Å². The number of phenolic OH excluding ortho intramolecular Hbond substituents is 1. The molecule has 22 heavy (non-hydrogen) atoms. The largest absolute Gasteiger partial charge is 0.505 e. The summed E-state index contributed by atoms with van der Waals surface area (Å²) in [4.78, 5) is 0. The van der Waals surface area contributed by atoms with Gasteiger partial charge in [-0.2, -0.15) is 35.8 Å². The van der Waals surface area contributed by atoms with Crippen LogP contribution in [0.1, 0.15) is 5.56 Å². The van der Waals surface area contributed by atoms with Gasteiger partial charge in [0.25, 0.3) is 0 Å². The summed E-state index contributed by atoms with van der Waals surface area (Å²) in [5.41, 5.74) is 0.405. The number of halogens is 9. The fourth-order valence-corrected chi connectivity index (χ4v) is 1.92. The number of hydrogen-bond donors (Lipinski definition) is 2. The molecule has 0 aromatic heterocycles. The second-order valence-electron chi connectivity index (χ2n) is 3.85. The van der Waals surface area contributed by atoms with Gasteiger partial charge in [0.05, 0.1) is 15.7 Å². The highest BCUT2D eigenvalue weighted by atomic mass is 79.9. The van der Waals surface area contributed by atoms with Crippen molar-refractivity contribution in [1.29, 1.82) is 0 Å². The Labute approximate surface area is 131 Å². The smallest absolute Gasteiger partial charge is 0.462 e. The number of hydrogen-bond acceptors (Lipinski definition) is 3. The molecule has 0 aliphatic heterocycles. The van der Waals surface area contributed by atoms with Crippen LogP contribution in [0.3, 0.4) is 0 Å². The molecule has 3 nitrogen and oxygen atoms in total. The second-order valence-corrected chi connectivity index (χ2v) is 5.11. The van der Waals surface area contributed by atoms with E-state index in [1.54, 1.807) is 0 Å². The molecule has 0 saturated carbocycles. The Morgan fingerprint density at radius 3 is 2.14 bits per heavy atom. The fourth-order valence-electron chi connectivity index (χ4n) is 1.10. The topological polar surface area (TPSA) is 44.6 Å². The minimum absolute atomic E-state index is 0.0360. The summed E-state index contributed by atoms with van der Waals surface area (Å²) < 4.78 is 86.4. The van der Waals surface area contributed by atoms with Crippen LogP contribution in [-0.4, -0.2) is 29.5 Å². The molecule has 0 fully saturated rings. The fraction of sp³-hybridized carbons (Fsp3) is 0.300. The lowest BCUT2D eigenvalue weighted by Crippen LogP contribution is -2.58. The van der Waals surface area contributed by atoms with Crippen LogP contribution in [0.15, 0.2) is 21.7 Å². The molecule has 2 N–H and O–H groups in total. The van der Waals surface area contributed by atoms with E-state index in [0.717, 1.165) is 12.1 Å². The first-order chi connectivity index (χ1) is 9.79. The van der Waals surface area contributed by atoms with E-state index in [9.17, 15) is 35.8 Å². The SMILES string of the molecule is Oc1c(Cl)cc(/C=N/NC(F)(F)C(F)(F)C(F)(F)F)cc1Br. The number of alkyl halides is 7. The van der Waals surface area contributed by atoms with Gasteiger partial charge in [-0.05, 0) is 33.6 Å². The third kappa shape index (κ3) is 3.75. The van der Waals surface area contributed by atoms with Crippen molar-refractivity contribution in [2.45, 2.75) is 18.1 Å². The highest BCUT2D eigenvalue weighted by molar-refractivity contribution is 9.10. The van der Waals surface area contributed by atoms with Crippen LogP contribution >= 0.6 is 27.5 Å². The number of hydrazone groups is 1. The molecular weight excluding hydrogens is 412 g/mol. The van der Waals surface area contributed by atoms with E-state index >= 15 is 0 Å². The minimum atomic E-state index is -6.45. The molecule has 0 radical (unpaired) electrons. The van der Waals surface area contributed by atoms with Crippen LogP contribution < -0.4 is 5.43 Å². The molecule has 0 aliphatic carbocycles. The summed E-state index contributed by atoms with van der Waals surface area (Å²) >= 11 is 8.39. The molecule has 0 atom stereocenters. The molecule has 0 spiro atoms. The van der Waals surface area contributed by atoms with Gasteiger partial charge in [-0.1, -0.05) is 11.6 Å². The molecule has 0 unspecified atom stereocenters. The van der Waals surface area contributed by atoms with E-state index in [-0.39, 0.29) is 20.8 Å². The molecular formula is C10H5BrClF7N2O. The molecule has 0 bridgehead atoms. The van der Waals surface area contributed by atoms with Crippen molar-refractivity contribution in [3.63, 3.8) is 0 Å². The van der Waals surface area contributed by atoms with E-state index < -0.39 is 18.1 Å². The lowest BCUT2D eigenvalue weighted by Gasteiger charge is -2.27. The first-order valence-corrected chi connectivity index (χ1v) is 6.27. The van der Waals surface area contributed by atoms with E-state index in [4.69, 9.17) is 11.6 Å². The molecule has 0 amide bonds. The molecule has 124 valence electrons. The first kappa shape index (κ1) is 18.8. The molecule has 0 heterocycles. The van der Waals surface area contributed by atoms with Gasteiger partial charge in [0, 0.05) is 0 Å². The zero-order chi connectivity index (χ0) is 17.3. The molecule has 1 aromatic carbocycles. The Bertz CT molecular complexity index is 568. The van der Waals surface area contributed by atoms with Gasteiger partial charge >= 0.3 is 18.1 Å². The average Bonchev–Trinajstić information content (AvgIpc) is 2.34. The van der Waals surface area contributed by atoms with Crippen molar-refractivity contribution in [2.24, 2.45) is 5.10 Å². The first-order valence-electron chi connectivity index (χ1n) is 5.10. The van der Waals surface area contributed by atoms with Crippen molar-refractivity contribution in [1.82, 2.24) is 5.43 Å². The minimum Gasteiger partial charge on any atom is -0.505 e. The predicted octanol–water partition coefficient (Wildman–Crippen LogP) is 4.52. The summed E-state index contributed by atoms with van der Waals surface area (Å²) in [6.45, 7) is 0. The van der Waals surface area contributed by atoms with Crippen molar-refractivity contribution >= 4 is 33.7 Å². The predicted molar refractivity (Wildman–Crippen MR) is 67.5 cm³/mol. The molecule has 1 aromatic rings. The Balaban J connectivity index is 2.94. The molecule has 0 aliphatic rings. The number of benzene rings is 1. The monoisotopic (exact) mass is 416 g/mol. The number of phenols is 1. The lowest BCUT2D eigenvalue weighted by molar-refractivity contribution is -0.361. The number of nitrogens with zero attached hydrogens (tertiary/aromatic N) is 1. The highest BCUT2D eigenvalue weighted by Crippen LogP contribution is 2.45. The van der Waals surface area contributed by atoms with Crippen LogP contribution in [0.2, 0.25) is 5.02 Å². The molecule has 12 heteroatoms. The second kappa shape index (κ2) is 6.11. The maximum Gasteiger partial charge on any atom is 0.462 e. The van der Waals surface area contributed by atoms with E-state index in [0.29, 0.717) is 11.6 Å². The van der Waals surface area contributed by atoms with Gasteiger partial charge in [-0.3, -0.25) is 0 Å². The van der Waals surface area contributed by atoms with Gasteiger partial charge < -0.3 is 5.11 Å². The van der Waals surface area contributed by atoms with E-state index in [2.05, 4.69) is 21.0 Å². The van der Waals surface area contributed by atoms with Crippen LogP contribution in [0, 0.1) is 0 Å². The standard InChI is InChI=1S/C10H5BrClF7N2O/c11-5-1-4(2-6(12)7(5)22)3-20-21-10(18,19)8(13,14)9(15,16)17/h1-3,21-22H/b20-3+. The Kier molecular flexibility index (Phi) is 5.22. The van der Waals surface area contributed by atoms with Gasteiger partial charge in [0.2, 0.25) is 0 Å². The lowest BCUT2D eigenvalue weighted by atomic mass is 10.2. The maximum absolute atomic E-state index is 12.9. The quantitative estimate of drug-likeness (QED) is 0.327. The zero-order valence-corrected chi connectivity index (χ0v) is 12.4. The van der Waals surface area contributed by atoms with Crippen LogP contribution in [0.4, 0.5) is 30.7 Å². The molecule has 1 rings (SSSR count). The summed E-state index contributed by atoms with van der Waals surface area (Å²) in [7, 11) is 0. The van der Waals surface area contributed by atoms with Crippen molar-refractivity contribution in [2.75, 3.05) is 0 Å². The van der Waals surface area contributed by atoms with Crippen molar-refractivity contribution in [3.05, 3.63) is 27.2 Å². The number of rotatable bonds is 4. The normalized spacial score (nSPS) is 13.7. The van der Waals surface area contributed by atoms with E-state index in [1.807, 2.05) is 0 Å². The Morgan fingerprint density at radius 2 is 1.68 bits per heavy atom. The highest BCUT2D eigenvalue weighted by Gasteiger charge is 2.73. The van der Waals surface area contributed by atoms with Crippen molar-refractivity contribution in [3.8, 4) is 5.75 Å². The van der Waals surface area contributed by atoms with Gasteiger partial charge in [-0.25, -0.2) is 5.43 Å². The van der Waals surface area contributed by atoms with Crippen LogP contribution in [0.25, 0.3) is 0 Å². The third-order valence-corrected chi connectivity index (χ3v) is 3.10. The average molecular weight is 418 g/mol. The van der Waals surface area contributed by atoms with E-state index in [1.165, 1.54) is 0 Å². The zero-order valence-electron chi connectivity index (χ0n) is 10.0. The van der Waals surface area contributed by atoms with Gasteiger partial charge in [0.1, 0.15) is 5.75 Å². The van der Waals surface area contributed by atoms with Gasteiger partial charge in [0.15, 0.2) is 0 Å². The summed E-state index contributed by atoms with van der Waals surface area (Å²) in [6, 6.07) is -3.51. The summed E-state index contributed by atoms with van der Waals surface area (Å²) in [6.07, 6.45) is -5.93. The summed E-state index contributed by atoms with van der Waals surface area (Å²) in [5.74, 6) is -6.69. The number of nitrogens with one attached hydrogen (secondary N) is 1. The Morgan fingerprint density at radius 1 is 1.14 bits per heavy atom. The Hall–Kier alpha value is -1.23. The number of aromatic hydroxyl groups is 1. The maximum atomic E-state index is 12.9.